The third kappa shape index (κ3) is 4.77. The molecule has 1 amide bonds. The Hall–Kier alpha value is -1.98. The summed E-state index contributed by atoms with van der Waals surface area (Å²) < 4.78 is 0. The first-order valence-corrected chi connectivity index (χ1v) is 9.52. The van der Waals surface area contributed by atoms with E-state index in [0.29, 0.717) is 13.1 Å². The number of nitrogens with zero attached hydrogens (tertiary/aromatic N) is 2. The maximum absolute atomic E-state index is 12.3. The van der Waals surface area contributed by atoms with Crippen molar-refractivity contribution in [1.82, 2.24) is 9.88 Å². The van der Waals surface area contributed by atoms with E-state index in [0.717, 1.165) is 23.5 Å². The van der Waals surface area contributed by atoms with Crippen LogP contribution in [0.15, 0.2) is 35.7 Å². The van der Waals surface area contributed by atoms with Gasteiger partial charge in [-0.2, -0.15) is 0 Å². The van der Waals surface area contributed by atoms with Gasteiger partial charge in [0.15, 0.2) is 0 Å². The number of thiazole rings is 1. The number of β-amino-alcohol motifs (C(OH)–C–C–N with tert-alkyl or cyclic N) is 1. The van der Waals surface area contributed by atoms with E-state index < -0.39 is 6.10 Å². The van der Waals surface area contributed by atoms with Crippen molar-refractivity contribution in [2.24, 2.45) is 5.92 Å². The molecule has 1 aliphatic heterocycles. The van der Waals surface area contributed by atoms with Gasteiger partial charge in [0.2, 0.25) is 5.91 Å². The van der Waals surface area contributed by atoms with Crippen LogP contribution in [0.4, 0.5) is 0 Å². The molecule has 0 saturated carbocycles. The lowest BCUT2D eigenvalue weighted by molar-refractivity contribution is -0.130. The quantitative estimate of drug-likeness (QED) is 0.856. The van der Waals surface area contributed by atoms with Gasteiger partial charge in [-0.3, -0.25) is 4.79 Å². The Bertz CT molecular complexity index is 769. The summed E-state index contributed by atoms with van der Waals surface area (Å²) in [4.78, 5) is 18.4. The minimum Gasteiger partial charge on any atom is -0.391 e. The van der Waals surface area contributed by atoms with Gasteiger partial charge < -0.3 is 10.0 Å². The second kappa shape index (κ2) is 7.93. The number of aliphatic hydroxyl groups is 1. The van der Waals surface area contributed by atoms with Crippen molar-refractivity contribution in [3.05, 3.63) is 57.6 Å². The Kier molecular flexibility index (Phi) is 5.66. The number of likely N-dealkylation sites (tertiary alicyclic amines) is 1. The maximum Gasteiger partial charge on any atom is 0.246 e. The predicted octanol–water partition coefficient (Wildman–Crippen LogP) is 3.23. The van der Waals surface area contributed by atoms with Crippen LogP contribution in [0.5, 0.6) is 0 Å². The summed E-state index contributed by atoms with van der Waals surface area (Å²) in [6.07, 6.45) is 4.51. The number of aromatic nitrogens is 1. The highest BCUT2D eigenvalue weighted by Gasteiger charge is 2.29. The largest absolute Gasteiger partial charge is 0.391 e. The lowest BCUT2D eigenvalue weighted by Crippen LogP contribution is -2.46. The van der Waals surface area contributed by atoms with Crippen LogP contribution in [0.25, 0.3) is 6.08 Å². The molecule has 1 aliphatic rings. The van der Waals surface area contributed by atoms with Crippen LogP contribution in [-0.2, 0) is 11.2 Å². The molecule has 1 saturated heterocycles. The summed E-state index contributed by atoms with van der Waals surface area (Å²) >= 11 is 1.57. The van der Waals surface area contributed by atoms with Crippen molar-refractivity contribution >= 4 is 23.3 Å². The molecule has 5 heteroatoms. The number of benzene rings is 1. The Morgan fingerprint density at radius 1 is 1.44 bits per heavy atom. The topological polar surface area (TPSA) is 53.4 Å². The molecule has 0 aliphatic carbocycles. The van der Waals surface area contributed by atoms with Gasteiger partial charge in [0.25, 0.3) is 0 Å². The van der Waals surface area contributed by atoms with Crippen LogP contribution in [-0.4, -0.2) is 40.1 Å². The van der Waals surface area contributed by atoms with Crippen molar-refractivity contribution in [2.75, 3.05) is 13.1 Å². The number of hydrogen-bond acceptors (Lipinski definition) is 4. The number of aryl methyl sites for hydroxylation is 2. The normalized spacial score (nSPS) is 21.0. The molecule has 1 aromatic carbocycles. The molecule has 2 atom stereocenters. The van der Waals surface area contributed by atoms with E-state index in [1.165, 1.54) is 11.1 Å². The monoisotopic (exact) mass is 356 g/mol. The summed E-state index contributed by atoms with van der Waals surface area (Å²) in [5.41, 5.74) is 3.30. The number of hydrogen-bond donors (Lipinski definition) is 1. The minimum atomic E-state index is -0.479. The van der Waals surface area contributed by atoms with Gasteiger partial charge in [0.1, 0.15) is 0 Å². The fourth-order valence-corrected chi connectivity index (χ4v) is 3.86. The fourth-order valence-electron chi connectivity index (χ4n) is 3.28. The van der Waals surface area contributed by atoms with Crippen molar-refractivity contribution < 1.29 is 9.90 Å². The summed E-state index contributed by atoms with van der Waals surface area (Å²) in [6.45, 7) is 5.11. The van der Waals surface area contributed by atoms with E-state index in [4.69, 9.17) is 0 Å². The molecular formula is C20H24N2O2S. The van der Waals surface area contributed by atoms with Crippen LogP contribution in [0.2, 0.25) is 0 Å². The Morgan fingerprint density at radius 3 is 2.96 bits per heavy atom. The first kappa shape index (κ1) is 17.8. The third-order valence-electron chi connectivity index (χ3n) is 4.65. The van der Waals surface area contributed by atoms with Gasteiger partial charge in [-0.1, -0.05) is 29.8 Å². The van der Waals surface area contributed by atoms with E-state index in [2.05, 4.69) is 36.2 Å². The molecule has 1 aromatic heterocycles. The molecule has 2 aromatic rings. The number of aliphatic hydroxyl groups excluding tert-OH is 1. The molecule has 132 valence electrons. The smallest absolute Gasteiger partial charge is 0.246 e. The number of carbonyl (C=O) groups excluding carboxylic acids is 1. The number of piperidine rings is 1. The second-order valence-electron chi connectivity index (χ2n) is 6.72. The predicted molar refractivity (Wildman–Crippen MR) is 101 cm³/mol. The van der Waals surface area contributed by atoms with Crippen LogP contribution in [0, 0.1) is 19.8 Å². The third-order valence-corrected chi connectivity index (χ3v) is 5.44. The molecule has 1 N–H and O–H groups in total. The van der Waals surface area contributed by atoms with Crippen LogP contribution < -0.4 is 0 Å². The molecule has 0 spiro atoms. The number of carbonyl (C=O) groups is 1. The van der Waals surface area contributed by atoms with E-state index in [9.17, 15) is 9.90 Å². The highest BCUT2D eigenvalue weighted by molar-refractivity contribution is 7.09. The SMILES string of the molecule is Cc1cccc(C[C@H]2CCN(C(=O)/C=C/c3csc(C)n3)C[C@@H]2O)c1. The summed E-state index contributed by atoms with van der Waals surface area (Å²) in [5, 5.41) is 13.4. The highest BCUT2D eigenvalue weighted by atomic mass is 32.1. The lowest BCUT2D eigenvalue weighted by atomic mass is 9.87. The van der Waals surface area contributed by atoms with Gasteiger partial charge >= 0.3 is 0 Å². The first-order valence-electron chi connectivity index (χ1n) is 8.64. The standard InChI is InChI=1S/C20H24N2O2S/c1-14-4-3-5-16(10-14)11-17-8-9-22(12-19(17)23)20(24)7-6-18-13-25-15(2)21-18/h3-7,10,13,17,19,23H,8-9,11-12H2,1-2H3/b7-6+/t17-,19+/m1/s1. The van der Waals surface area contributed by atoms with Crippen LogP contribution in [0.1, 0.15) is 28.2 Å². The average Bonchev–Trinajstić information content (AvgIpc) is 3.00. The van der Waals surface area contributed by atoms with E-state index >= 15 is 0 Å². The van der Waals surface area contributed by atoms with Crippen LogP contribution >= 0.6 is 11.3 Å². The van der Waals surface area contributed by atoms with Gasteiger partial charge in [-0.05, 0) is 44.2 Å². The second-order valence-corrected chi connectivity index (χ2v) is 7.78. The van der Waals surface area contributed by atoms with Crippen molar-refractivity contribution in [2.45, 2.75) is 32.8 Å². The summed E-state index contributed by atoms with van der Waals surface area (Å²) in [6, 6.07) is 8.41. The molecule has 0 radical (unpaired) electrons. The zero-order chi connectivity index (χ0) is 17.8. The lowest BCUT2D eigenvalue weighted by Gasteiger charge is -2.35. The Labute approximate surface area is 152 Å². The molecule has 2 heterocycles. The first-order chi connectivity index (χ1) is 12.0. The number of amides is 1. The molecule has 0 bridgehead atoms. The molecule has 0 unspecified atom stereocenters. The van der Waals surface area contributed by atoms with Gasteiger partial charge in [-0.25, -0.2) is 4.98 Å². The fraction of sp³-hybridized carbons (Fsp3) is 0.400. The average molecular weight is 356 g/mol. The van der Waals surface area contributed by atoms with E-state index in [-0.39, 0.29) is 11.8 Å². The molecular weight excluding hydrogens is 332 g/mol. The molecule has 25 heavy (non-hydrogen) atoms. The summed E-state index contributed by atoms with van der Waals surface area (Å²) in [7, 11) is 0. The van der Waals surface area contributed by atoms with Crippen molar-refractivity contribution in [3.63, 3.8) is 0 Å². The maximum atomic E-state index is 12.3. The molecule has 3 rings (SSSR count). The van der Waals surface area contributed by atoms with Gasteiger partial charge in [0, 0.05) is 24.5 Å². The minimum absolute atomic E-state index is 0.0568. The van der Waals surface area contributed by atoms with Gasteiger partial charge in [-0.15, -0.1) is 11.3 Å². The van der Waals surface area contributed by atoms with Crippen molar-refractivity contribution in [3.8, 4) is 0 Å². The van der Waals surface area contributed by atoms with Crippen LogP contribution in [0.3, 0.4) is 0 Å². The molecule has 1 fully saturated rings. The van der Waals surface area contributed by atoms with E-state index in [1.807, 2.05) is 12.3 Å². The zero-order valence-corrected chi connectivity index (χ0v) is 15.5. The van der Waals surface area contributed by atoms with Gasteiger partial charge in [0.05, 0.1) is 16.8 Å². The Morgan fingerprint density at radius 2 is 2.28 bits per heavy atom. The zero-order valence-electron chi connectivity index (χ0n) is 14.7. The molecule has 4 nitrogen and oxygen atoms in total. The van der Waals surface area contributed by atoms with E-state index in [1.54, 1.807) is 28.4 Å². The Balaban J connectivity index is 1.55. The summed E-state index contributed by atoms with van der Waals surface area (Å²) in [5.74, 6) is 0.148. The number of rotatable bonds is 4. The van der Waals surface area contributed by atoms with Crippen molar-refractivity contribution in [1.29, 1.82) is 0 Å². The highest BCUT2D eigenvalue weighted by Crippen LogP contribution is 2.23.